The predicted octanol–water partition coefficient (Wildman–Crippen LogP) is 6.80. The molecule has 2 nitrogen and oxygen atoms in total. The molecular weight excluding hydrogens is 398 g/mol. The van der Waals surface area contributed by atoms with E-state index in [1.54, 1.807) is 0 Å². The van der Waals surface area contributed by atoms with Crippen LogP contribution >= 0.6 is 15.9 Å². The number of carbonyl (C=O) groups is 1. The van der Waals surface area contributed by atoms with Gasteiger partial charge in [0.2, 0.25) is 0 Å². The van der Waals surface area contributed by atoms with Gasteiger partial charge < -0.3 is 5.32 Å². The van der Waals surface area contributed by atoms with Crippen molar-refractivity contribution in [2.24, 2.45) is 0 Å². The summed E-state index contributed by atoms with van der Waals surface area (Å²) in [7, 11) is 0. The number of Topliss-reactive ketones (excluding diaryl/α,β-unsaturated/α-hetero) is 1. The first-order valence-corrected chi connectivity index (χ1v) is 9.91. The molecule has 3 heteroatoms. The molecule has 1 N–H and O–H groups in total. The maximum absolute atomic E-state index is 12.9. The standard InChI is InChI=1S/C24H24BrNO/c1-16-4-7-19(8-5-16)23(26-22-13-6-17(2)18(3)14-22)15-24(27)20-9-11-21(25)12-10-20/h4-14,23,26H,15H2,1-3H3. The number of aryl methyl sites for hydroxylation is 3. The highest BCUT2D eigenvalue weighted by Gasteiger charge is 2.17. The maximum Gasteiger partial charge on any atom is 0.165 e. The molecule has 0 heterocycles. The number of ketones is 1. The lowest BCUT2D eigenvalue weighted by Gasteiger charge is -2.21. The summed E-state index contributed by atoms with van der Waals surface area (Å²) in [6.45, 7) is 6.28. The minimum atomic E-state index is -0.0798. The van der Waals surface area contributed by atoms with Crippen molar-refractivity contribution in [3.05, 3.63) is 99.0 Å². The Morgan fingerprint density at radius 3 is 2.19 bits per heavy atom. The fourth-order valence-electron chi connectivity index (χ4n) is 3.02. The van der Waals surface area contributed by atoms with Crippen molar-refractivity contribution in [2.45, 2.75) is 33.2 Å². The zero-order valence-corrected chi connectivity index (χ0v) is 17.5. The minimum Gasteiger partial charge on any atom is -0.378 e. The summed E-state index contributed by atoms with van der Waals surface area (Å²) in [6.07, 6.45) is 0.400. The molecule has 1 unspecified atom stereocenters. The lowest BCUT2D eigenvalue weighted by molar-refractivity contribution is 0.0976. The zero-order valence-electron chi connectivity index (χ0n) is 15.9. The molecule has 27 heavy (non-hydrogen) atoms. The first kappa shape index (κ1) is 19.4. The van der Waals surface area contributed by atoms with E-state index in [-0.39, 0.29) is 11.8 Å². The van der Waals surface area contributed by atoms with Crippen molar-refractivity contribution in [3.8, 4) is 0 Å². The summed E-state index contributed by atoms with van der Waals surface area (Å²) in [4.78, 5) is 12.9. The van der Waals surface area contributed by atoms with Crippen LogP contribution in [0.3, 0.4) is 0 Å². The Kier molecular flexibility index (Phi) is 6.12. The van der Waals surface area contributed by atoms with E-state index < -0.39 is 0 Å². The van der Waals surface area contributed by atoms with Crippen LogP contribution in [-0.2, 0) is 0 Å². The summed E-state index contributed by atoms with van der Waals surface area (Å²) < 4.78 is 0.974. The van der Waals surface area contributed by atoms with Gasteiger partial charge in [-0.15, -0.1) is 0 Å². The fourth-order valence-corrected chi connectivity index (χ4v) is 3.29. The van der Waals surface area contributed by atoms with Crippen LogP contribution in [0, 0.1) is 20.8 Å². The van der Waals surface area contributed by atoms with E-state index in [9.17, 15) is 4.79 Å². The van der Waals surface area contributed by atoms with Gasteiger partial charge in [-0.05, 0) is 61.7 Å². The molecule has 0 aromatic heterocycles. The lowest BCUT2D eigenvalue weighted by atomic mass is 9.96. The Balaban J connectivity index is 1.86. The van der Waals surface area contributed by atoms with Crippen LogP contribution in [0.5, 0.6) is 0 Å². The summed E-state index contributed by atoms with van der Waals surface area (Å²) >= 11 is 3.42. The van der Waals surface area contributed by atoms with Crippen LogP contribution in [-0.4, -0.2) is 5.78 Å². The van der Waals surface area contributed by atoms with Crippen LogP contribution < -0.4 is 5.32 Å². The molecule has 0 saturated heterocycles. The van der Waals surface area contributed by atoms with Gasteiger partial charge in [0.15, 0.2) is 5.78 Å². The van der Waals surface area contributed by atoms with E-state index in [1.807, 2.05) is 24.3 Å². The maximum atomic E-state index is 12.9. The molecule has 0 fully saturated rings. The molecule has 0 aliphatic carbocycles. The molecule has 138 valence electrons. The molecule has 3 rings (SSSR count). The number of halogens is 1. The second-order valence-electron chi connectivity index (χ2n) is 7.04. The molecule has 0 radical (unpaired) electrons. The number of carbonyl (C=O) groups excluding carboxylic acids is 1. The van der Waals surface area contributed by atoms with Crippen molar-refractivity contribution in [1.29, 1.82) is 0 Å². The summed E-state index contributed by atoms with van der Waals surface area (Å²) in [6, 6.07) is 22.2. The van der Waals surface area contributed by atoms with Crippen molar-refractivity contribution >= 4 is 27.4 Å². The van der Waals surface area contributed by atoms with Gasteiger partial charge in [-0.25, -0.2) is 0 Å². The molecule has 0 aliphatic heterocycles. The topological polar surface area (TPSA) is 29.1 Å². The van der Waals surface area contributed by atoms with Crippen LogP contribution in [0.1, 0.15) is 45.1 Å². The van der Waals surface area contributed by atoms with E-state index in [0.29, 0.717) is 6.42 Å². The minimum absolute atomic E-state index is 0.0798. The lowest BCUT2D eigenvalue weighted by Crippen LogP contribution is -2.16. The molecule has 0 aliphatic rings. The smallest absolute Gasteiger partial charge is 0.165 e. The number of anilines is 1. The quantitative estimate of drug-likeness (QED) is 0.443. The Bertz CT molecular complexity index is 930. The number of nitrogens with one attached hydrogen (secondary N) is 1. The molecule has 3 aromatic rings. The van der Waals surface area contributed by atoms with Crippen molar-refractivity contribution in [3.63, 3.8) is 0 Å². The summed E-state index contributed by atoms with van der Waals surface area (Å²) in [5, 5.41) is 3.56. The van der Waals surface area contributed by atoms with E-state index >= 15 is 0 Å². The molecule has 0 saturated carbocycles. The van der Waals surface area contributed by atoms with Gasteiger partial charge in [-0.3, -0.25) is 4.79 Å². The van der Waals surface area contributed by atoms with Crippen molar-refractivity contribution in [1.82, 2.24) is 0 Å². The van der Waals surface area contributed by atoms with Crippen molar-refractivity contribution in [2.75, 3.05) is 5.32 Å². The third-order valence-corrected chi connectivity index (χ3v) is 5.41. The van der Waals surface area contributed by atoms with E-state index in [0.717, 1.165) is 21.3 Å². The van der Waals surface area contributed by atoms with E-state index in [2.05, 4.69) is 84.5 Å². The monoisotopic (exact) mass is 421 g/mol. The largest absolute Gasteiger partial charge is 0.378 e. The first-order valence-electron chi connectivity index (χ1n) is 9.11. The average Bonchev–Trinajstić information content (AvgIpc) is 2.65. The Hall–Kier alpha value is -2.39. The molecule has 0 amide bonds. The Morgan fingerprint density at radius 1 is 0.889 bits per heavy atom. The van der Waals surface area contributed by atoms with E-state index in [4.69, 9.17) is 0 Å². The highest BCUT2D eigenvalue weighted by molar-refractivity contribution is 9.10. The predicted molar refractivity (Wildman–Crippen MR) is 117 cm³/mol. The number of hydrogen-bond acceptors (Lipinski definition) is 2. The molecule has 0 spiro atoms. The summed E-state index contributed by atoms with van der Waals surface area (Å²) in [5.41, 5.74) is 6.59. The third-order valence-electron chi connectivity index (χ3n) is 4.88. The van der Waals surface area contributed by atoms with Gasteiger partial charge in [0.25, 0.3) is 0 Å². The number of hydrogen-bond donors (Lipinski definition) is 1. The van der Waals surface area contributed by atoms with Gasteiger partial charge in [-0.2, -0.15) is 0 Å². The second-order valence-corrected chi connectivity index (χ2v) is 7.96. The van der Waals surface area contributed by atoms with E-state index in [1.165, 1.54) is 16.7 Å². The third kappa shape index (κ3) is 5.08. The zero-order chi connectivity index (χ0) is 19.4. The van der Waals surface area contributed by atoms with Crippen LogP contribution in [0.4, 0.5) is 5.69 Å². The van der Waals surface area contributed by atoms with Crippen LogP contribution in [0.15, 0.2) is 71.2 Å². The van der Waals surface area contributed by atoms with Gasteiger partial charge in [0, 0.05) is 22.1 Å². The first-order chi connectivity index (χ1) is 12.9. The van der Waals surface area contributed by atoms with Crippen LogP contribution in [0.2, 0.25) is 0 Å². The number of rotatable bonds is 6. The number of benzene rings is 3. The normalized spacial score (nSPS) is 11.9. The van der Waals surface area contributed by atoms with Crippen LogP contribution in [0.25, 0.3) is 0 Å². The SMILES string of the molecule is Cc1ccc(C(CC(=O)c2ccc(Br)cc2)Nc2ccc(C)c(C)c2)cc1. The fraction of sp³-hybridized carbons (Fsp3) is 0.208. The Labute approximate surface area is 169 Å². The molecule has 3 aromatic carbocycles. The molecule has 0 bridgehead atoms. The average molecular weight is 422 g/mol. The molecular formula is C24H24BrNO. The Morgan fingerprint density at radius 2 is 1.56 bits per heavy atom. The second kappa shape index (κ2) is 8.53. The molecule has 1 atom stereocenters. The van der Waals surface area contributed by atoms with Gasteiger partial charge in [0.05, 0.1) is 6.04 Å². The van der Waals surface area contributed by atoms with Gasteiger partial charge in [-0.1, -0.05) is 64.0 Å². The highest BCUT2D eigenvalue weighted by Crippen LogP contribution is 2.26. The van der Waals surface area contributed by atoms with Gasteiger partial charge in [0.1, 0.15) is 0 Å². The summed E-state index contributed by atoms with van der Waals surface area (Å²) in [5.74, 6) is 0.129. The highest BCUT2D eigenvalue weighted by atomic mass is 79.9. The van der Waals surface area contributed by atoms with Gasteiger partial charge >= 0.3 is 0 Å². The van der Waals surface area contributed by atoms with Crippen molar-refractivity contribution < 1.29 is 4.79 Å².